The molecule has 0 radical (unpaired) electrons. The summed E-state index contributed by atoms with van der Waals surface area (Å²) in [7, 11) is 0. The Bertz CT molecular complexity index is 526. The van der Waals surface area contributed by atoms with Crippen molar-refractivity contribution in [2.75, 3.05) is 18.4 Å². The van der Waals surface area contributed by atoms with Gasteiger partial charge in [0, 0.05) is 12.1 Å². The molecule has 1 N–H and O–H groups in total. The molecule has 1 aliphatic heterocycles. The second-order valence-corrected chi connectivity index (χ2v) is 6.32. The summed E-state index contributed by atoms with van der Waals surface area (Å²) >= 11 is 0. The first-order valence-electron chi connectivity index (χ1n) is 8.93. The van der Waals surface area contributed by atoms with Crippen LogP contribution in [0, 0.1) is 0 Å². The molecule has 2 atom stereocenters. The number of ether oxygens (including phenoxy) is 1. The maximum absolute atomic E-state index is 12.8. The normalized spacial score (nSPS) is 17.7. The van der Waals surface area contributed by atoms with Crippen LogP contribution in [-0.2, 0) is 11.2 Å². The van der Waals surface area contributed by atoms with Gasteiger partial charge in [-0.1, -0.05) is 33.6 Å². The first kappa shape index (κ1) is 17.8. The lowest BCUT2D eigenvalue weighted by Gasteiger charge is -2.28. The smallest absolute Gasteiger partial charge is 0.241 e. The molecule has 1 amide bonds. The number of nitrogens with one attached hydrogen (secondary N) is 1. The van der Waals surface area contributed by atoms with E-state index in [0.29, 0.717) is 0 Å². The predicted octanol–water partition coefficient (Wildman–Crippen LogP) is 3.85. The van der Waals surface area contributed by atoms with Gasteiger partial charge in [0.05, 0.1) is 6.04 Å². The molecule has 0 aromatic heterocycles. The standard InChI is InChI=1S/C19H30N2O2/c1-5-8-9-17(21(6-2)7-3)19(22)20-16-10-11-18-15(13-16)12-14(4)23-18/h10-11,13-14,17H,5-9,12H2,1-4H3,(H,20,22)/t14-,17+/m0/s1. The van der Waals surface area contributed by atoms with Crippen molar-refractivity contribution in [2.45, 2.75) is 65.5 Å². The third kappa shape index (κ3) is 4.47. The number of amides is 1. The summed E-state index contributed by atoms with van der Waals surface area (Å²) in [6.07, 6.45) is 4.23. The largest absolute Gasteiger partial charge is 0.490 e. The van der Waals surface area contributed by atoms with Crippen LogP contribution >= 0.6 is 0 Å². The van der Waals surface area contributed by atoms with Gasteiger partial charge in [-0.25, -0.2) is 0 Å². The maximum atomic E-state index is 12.8. The zero-order valence-electron chi connectivity index (χ0n) is 14.9. The fraction of sp³-hybridized carbons (Fsp3) is 0.632. The average molecular weight is 318 g/mol. The van der Waals surface area contributed by atoms with Crippen molar-refractivity contribution in [3.8, 4) is 5.75 Å². The fourth-order valence-corrected chi connectivity index (χ4v) is 3.27. The van der Waals surface area contributed by atoms with Gasteiger partial charge in [-0.2, -0.15) is 0 Å². The summed E-state index contributed by atoms with van der Waals surface area (Å²) in [6.45, 7) is 10.3. The van der Waals surface area contributed by atoms with Crippen LogP contribution in [0.2, 0.25) is 0 Å². The van der Waals surface area contributed by atoms with E-state index in [1.54, 1.807) is 0 Å². The van der Waals surface area contributed by atoms with Gasteiger partial charge in [-0.15, -0.1) is 0 Å². The molecule has 128 valence electrons. The Morgan fingerprint density at radius 3 is 2.74 bits per heavy atom. The Morgan fingerprint density at radius 2 is 2.09 bits per heavy atom. The molecule has 0 spiro atoms. The highest BCUT2D eigenvalue weighted by Gasteiger charge is 2.24. The predicted molar refractivity (Wildman–Crippen MR) is 95.1 cm³/mol. The molecule has 0 saturated carbocycles. The Labute approximate surface area is 140 Å². The van der Waals surface area contributed by atoms with Gasteiger partial charge in [0.1, 0.15) is 11.9 Å². The molecule has 4 nitrogen and oxygen atoms in total. The molecular formula is C19H30N2O2. The summed E-state index contributed by atoms with van der Waals surface area (Å²) < 4.78 is 5.72. The minimum Gasteiger partial charge on any atom is -0.490 e. The molecular weight excluding hydrogens is 288 g/mol. The van der Waals surface area contributed by atoms with Gasteiger partial charge < -0.3 is 10.1 Å². The number of hydrogen-bond acceptors (Lipinski definition) is 3. The van der Waals surface area contributed by atoms with E-state index < -0.39 is 0 Å². The molecule has 0 aliphatic carbocycles. The van der Waals surface area contributed by atoms with Crippen LogP contribution in [0.25, 0.3) is 0 Å². The number of fused-ring (bicyclic) bond motifs is 1. The second-order valence-electron chi connectivity index (χ2n) is 6.32. The van der Waals surface area contributed by atoms with E-state index in [1.165, 1.54) is 5.56 Å². The van der Waals surface area contributed by atoms with Crippen LogP contribution in [0.5, 0.6) is 5.75 Å². The average Bonchev–Trinajstić information content (AvgIpc) is 2.90. The zero-order chi connectivity index (χ0) is 16.8. The number of likely N-dealkylation sites (N-methyl/N-ethyl adjacent to an activating group) is 1. The molecule has 23 heavy (non-hydrogen) atoms. The molecule has 0 saturated heterocycles. The van der Waals surface area contributed by atoms with Gasteiger partial charge >= 0.3 is 0 Å². The molecule has 1 heterocycles. The van der Waals surface area contributed by atoms with E-state index in [0.717, 1.165) is 50.2 Å². The number of hydrogen-bond donors (Lipinski definition) is 1. The molecule has 4 heteroatoms. The molecule has 1 aliphatic rings. The minimum atomic E-state index is -0.0478. The highest BCUT2D eigenvalue weighted by Crippen LogP contribution is 2.31. The van der Waals surface area contributed by atoms with Crippen molar-refractivity contribution in [2.24, 2.45) is 0 Å². The highest BCUT2D eigenvalue weighted by molar-refractivity contribution is 5.95. The van der Waals surface area contributed by atoms with E-state index in [1.807, 2.05) is 12.1 Å². The zero-order valence-corrected chi connectivity index (χ0v) is 14.9. The molecule has 1 aromatic carbocycles. The van der Waals surface area contributed by atoms with Crippen molar-refractivity contribution >= 4 is 11.6 Å². The van der Waals surface area contributed by atoms with Crippen LogP contribution in [0.1, 0.15) is 52.5 Å². The Morgan fingerprint density at radius 1 is 1.35 bits per heavy atom. The second kappa shape index (κ2) is 8.34. The number of anilines is 1. The summed E-state index contributed by atoms with van der Waals surface area (Å²) in [4.78, 5) is 15.0. The first-order valence-corrected chi connectivity index (χ1v) is 8.93. The Kier molecular flexibility index (Phi) is 6.46. The topological polar surface area (TPSA) is 41.6 Å². The van der Waals surface area contributed by atoms with Gasteiger partial charge in [0.25, 0.3) is 0 Å². The van der Waals surface area contributed by atoms with Gasteiger partial charge in [0.15, 0.2) is 0 Å². The van der Waals surface area contributed by atoms with E-state index >= 15 is 0 Å². The number of carbonyl (C=O) groups is 1. The van der Waals surface area contributed by atoms with Crippen LogP contribution in [0.4, 0.5) is 5.69 Å². The molecule has 1 aromatic rings. The van der Waals surface area contributed by atoms with Crippen LogP contribution in [-0.4, -0.2) is 36.0 Å². The summed E-state index contributed by atoms with van der Waals surface area (Å²) in [6, 6.07) is 5.91. The maximum Gasteiger partial charge on any atom is 0.241 e. The van der Waals surface area contributed by atoms with Crippen molar-refractivity contribution in [1.82, 2.24) is 4.90 Å². The van der Waals surface area contributed by atoms with E-state index in [4.69, 9.17) is 4.74 Å². The monoisotopic (exact) mass is 318 g/mol. The molecule has 0 unspecified atom stereocenters. The van der Waals surface area contributed by atoms with Crippen molar-refractivity contribution in [3.05, 3.63) is 23.8 Å². The van der Waals surface area contributed by atoms with Crippen LogP contribution in [0.15, 0.2) is 18.2 Å². The Hall–Kier alpha value is -1.55. The number of benzene rings is 1. The van der Waals surface area contributed by atoms with Crippen LogP contribution in [0.3, 0.4) is 0 Å². The lowest BCUT2D eigenvalue weighted by Crippen LogP contribution is -2.44. The van der Waals surface area contributed by atoms with Crippen LogP contribution < -0.4 is 10.1 Å². The van der Waals surface area contributed by atoms with Crippen molar-refractivity contribution in [1.29, 1.82) is 0 Å². The number of carbonyl (C=O) groups excluding carboxylic acids is 1. The fourth-order valence-electron chi connectivity index (χ4n) is 3.27. The van der Waals surface area contributed by atoms with E-state index in [9.17, 15) is 4.79 Å². The first-order chi connectivity index (χ1) is 11.1. The molecule has 0 fully saturated rings. The summed E-state index contributed by atoms with van der Waals surface area (Å²) in [5.41, 5.74) is 2.06. The summed E-state index contributed by atoms with van der Waals surface area (Å²) in [5, 5.41) is 3.11. The van der Waals surface area contributed by atoms with E-state index in [-0.39, 0.29) is 18.1 Å². The molecule has 2 rings (SSSR count). The van der Waals surface area contributed by atoms with Gasteiger partial charge in [0.2, 0.25) is 5.91 Å². The molecule has 0 bridgehead atoms. The lowest BCUT2D eigenvalue weighted by molar-refractivity contribution is -0.121. The quantitative estimate of drug-likeness (QED) is 0.791. The van der Waals surface area contributed by atoms with Crippen molar-refractivity contribution in [3.63, 3.8) is 0 Å². The Balaban J connectivity index is 2.07. The van der Waals surface area contributed by atoms with Gasteiger partial charge in [-0.05, 0) is 50.2 Å². The minimum absolute atomic E-state index is 0.0478. The third-order valence-corrected chi connectivity index (χ3v) is 4.55. The highest BCUT2D eigenvalue weighted by atomic mass is 16.5. The summed E-state index contributed by atoms with van der Waals surface area (Å²) in [5.74, 6) is 1.05. The number of unbranched alkanes of at least 4 members (excludes halogenated alkanes) is 1. The van der Waals surface area contributed by atoms with Gasteiger partial charge in [-0.3, -0.25) is 9.69 Å². The number of nitrogens with zero attached hydrogens (tertiary/aromatic N) is 1. The van der Waals surface area contributed by atoms with E-state index in [2.05, 4.69) is 44.0 Å². The lowest BCUT2D eigenvalue weighted by atomic mass is 10.1. The number of rotatable bonds is 8. The van der Waals surface area contributed by atoms with Crippen molar-refractivity contribution < 1.29 is 9.53 Å². The SMILES string of the molecule is CCCC[C@H](C(=O)Nc1ccc2c(c1)C[C@H](C)O2)N(CC)CC. The third-order valence-electron chi connectivity index (χ3n) is 4.55.